The van der Waals surface area contributed by atoms with Crippen LogP contribution in [0.25, 0.3) is 10.9 Å². The van der Waals surface area contributed by atoms with E-state index in [2.05, 4.69) is 14.8 Å². The molecule has 0 amide bonds. The normalized spacial score (nSPS) is 21.3. The molecule has 2 fully saturated rings. The van der Waals surface area contributed by atoms with Crippen molar-refractivity contribution in [2.45, 2.75) is 12.6 Å². The molecule has 8 heteroatoms. The van der Waals surface area contributed by atoms with Crippen molar-refractivity contribution in [3.8, 4) is 0 Å². The first-order chi connectivity index (χ1) is 13.7. The molecule has 1 aromatic carbocycles. The van der Waals surface area contributed by atoms with Crippen LogP contribution in [0.15, 0.2) is 29.3 Å². The lowest BCUT2D eigenvalue weighted by Gasteiger charge is -2.38. The Morgan fingerprint density at radius 2 is 2.07 bits per heavy atom. The molecular weight excluding hydrogens is 360 g/mol. The van der Waals surface area contributed by atoms with Gasteiger partial charge in [-0.15, -0.1) is 0 Å². The minimum atomic E-state index is -0.0203. The minimum absolute atomic E-state index is 0.0203. The lowest BCUT2D eigenvalue weighted by atomic mass is 10.2. The lowest BCUT2D eigenvalue weighted by Crippen LogP contribution is -2.50. The molecule has 1 unspecified atom stereocenters. The second-order valence-corrected chi connectivity index (χ2v) is 7.29. The Morgan fingerprint density at radius 3 is 2.82 bits per heavy atom. The molecule has 2 aliphatic heterocycles. The second kappa shape index (κ2) is 9.00. The Hall–Kier alpha value is -2.00. The molecule has 0 radical (unpaired) electrons. The number of benzene rings is 1. The van der Waals surface area contributed by atoms with Gasteiger partial charge in [-0.3, -0.25) is 14.3 Å². The minimum Gasteiger partial charge on any atom is -0.383 e. The van der Waals surface area contributed by atoms with Crippen LogP contribution in [0.3, 0.4) is 0 Å². The molecule has 2 saturated heterocycles. The number of methoxy groups -OCH3 is 1. The van der Waals surface area contributed by atoms with Gasteiger partial charge in [-0.05, 0) is 18.2 Å². The van der Waals surface area contributed by atoms with Crippen molar-refractivity contribution in [3.05, 3.63) is 34.9 Å². The lowest BCUT2D eigenvalue weighted by molar-refractivity contribution is -0.0977. The van der Waals surface area contributed by atoms with Gasteiger partial charge >= 0.3 is 0 Å². The molecule has 1 atom stereocenters. The summed E-state index contributed by atoms with van der Waals surface area (Å²) in [5, 5.41) is 0.649. The zero-order chi connectivity index (χ0) is 19.3. The first-order valence-electron chi connectivity index (χ1n) is 9.89. The van der Waals surface area contributed by atoms with Crippen molar-refractivity contribution in [1.29, 1.82) is 0 Å². The van der Waals surface area contributed by atoms with Crippen LogP contribution in [-0.4, -0.2) is 86.8 Å². The summed E-state index contributed by atoms with van der Waals surface area (Å²) in [4.78, 5) is 21.8. The fourth-order valence-electron chi connectivity index (χ4n) is 3.81. The molecule has 1 aromatic heterocycles. The summed E-state index contributed by atoms with van der Waals surface area (Å²) in [6.07, 6.45) is 1.79. The van der Waals surface area contributed by atoms with Crippen LogP contribution in [0.1, 0.15) is 0 Å². The molecule has 28 heavy (non-hydrogen) atoms. The Bertz CT molecular complexity index is 842. The van der Waals surface area contributed by atoms with Crippen LogP contribution in [-0.2, 0) is 20.8 Å². The van der Waals surface area contributed by atoms with Gasteiger partial charge in [0.05, 0.1) is 56.3 Å². The van der Waals surface area contributed by atoms with Gasteiger partial charge in [0, 0.05) is 45.5 Å². The molecule has 0 aliphatic carbocycles. The van der Waals surface area contributed by atoms with E-state index in [0.717, 1.165) is 43.9 Å². The van der Waals surface area contributed by atoms with Crippen LogP contribution in [0.4, 0.5) is 5.69 Å². The zero-order valence-electron chi connectivity index (χ0n) is 16.4. The van der Waals surface area contributed by atoms with E-state index in [9.17, 15) is 4.79 Å². The highest BCUT2D eigenvalue weighted by Crippen LogP contribution is 2.20. The average molecular weight is 388 g/mol. The van der Waals surface area contributed by atoms with Gasteiger partial charge in [-0.2, -0.15) is 0 Å². The van der Waals surface area contributed by atoms with E-state index in [-0.39, 0.29) is 11.7 Å². The average Bonchev–Trinajstić information content (AvgIpc) is 2.74. The third kappa shape index (κ3) is 4.35. The number of nitrogens with zero attached hydrogens (tertiary/aromatic N) is 4. The topological polar surface area (TPSA) is 69.1 Å². The van der Waals surface area contributed by atoms with Gasteiger partial charge in [-0.25, -0.2) is 4.98 Å². The summed E-state index contributed by atoms with van der Waals surface area (Å²) in [6, 6.07) is 5.94. The van der Waals surface area contributed by atoms with Crippen LogP contribution < -0.4 is 10.5 Å². The molecule has 8 nitrogen and oxygen atoms in total. The number of ether oxygens (including phenoxy) is 3. The quantitative estimate of drug-likeness (QED) is 0.717. The SMILES string of the molecule is COCCn1cnc2cc(N3CCN(CC4COCCO4)CC3)ccc2c1=O. The third-order valence-electron chi connectivity index (χ3n) is 5.43. The molecule has 0 saturated carbocycles. The Morgan fingerprint density at radius 1 is 1.21 bits per heavy atom. The first-order valence-corrected chi connectivity index (χ1v) is 9.89. The van der Waals surface area contributed by atoms with E-state index in [1.165, 1.54) is 0 Å². The molecule has 0 bridgehead atoms. The smallest absolute Gasteiger partial charge is 0.261 e. The van der Waals surface area contributed by atoms with Gasteiger partial charge in [0.1, 0.15) is 0 Å². The molecule has 2 aromatic rings. The number of aromatic nitrogens is 2. The van der Waals surface area contributed by atoms with E-state index in [0.29, 0.717) is 38.4 Å². The summed E-state index contributed by atoms with van der Waals surface area (Å²) < 4.78 is 17.9. The van der Waals surface area contributed by atoms with E-state index >= 15 is 0 Å². The zero-order valence-corrected chi connectivity index (χ0v) is 16.4. The van der Waals surface area contributed by atoms with Crippen LogP contribution in [0, 0.1) is 0 Å². The van der Waals surface area contributed by atoms with Crippen molar-refractivity contribution in [3.63, 3.8) is 0 Å². The summed E-state index contributed by atoms with van der Waals surface area (Å²) in [7, 11) is 1.63. The number of piperazine rings is 1. The fourth-order valence-corrected chi connectivity index (χ4v) is 3.81. The summed E-state index contributed by atoms with van der Waals surface area (Å²) >= 11 is 0. The highest BCUT2D eigenvalue weighted by Gasteiger charge is 2.22. The molecule has 0 N–H and O–H groups in total. The largest absolute Gasteiger partial charge is 0.383 e. The van der Waals surface area contributed by atoms with Crippen LogP contribution >= 0.6 is 0 Å². The van der Waals surface area contributed by atoms with E-state index in [1.54, 1.807) is 18.0 Å². The number of hydrogen-bond donors (Lipinski definition) is 0. The van der Waals surface area contributed by atoms with Gasteiger partial charge in [-0.1, -0.05) is 0 Å². The number of fused-ring (bicyclic) bond motifs is 1. The predicted octanol–water partition coefficient (Wildman–Crippen LogP) is 0.580. The van der Waals surface area contributed by atoms with Gasteiger partial charge in [0.15, 0.2) is 0 Å². The summed E-state index contributed by atoms with van der Waals surface area (Å²) in [5.74, 6) is 0. The monoisotopic (exact) mass is 388 g/mol. The molecule has 3 heterocycles. The van der Waals surface area contributed by atoms with Gasteiger partial charge in [0.2, 0.25) is 0 Å². The Balaban J connectivity index is 1.40. The first kappa shape index (κ1) is 19.3. The van der Waals surface area contributed by atoms with Crippen molar-refractivity contribution in [2.24, 2.45) is 0 Å². The van der Waals surface area contributed by atoms with Crippen molar-refractivity contribution < 1.29 is 14.2 Å². The van der Waals surface area contributed by atoms with Crippen molar-refractivity contribution >= 4 is 16.6 Å². The Labute approximate surface area is 164 Å². The standard InChI is InChI=1S/C20H28N4O4/c1-26-9-8-24-15-21-19-12-16(2-3-18(19)20(24)25)23-6-4-22(5-7-23)13-17-14-27-10-11-28-17/h2-3,12,15,17H,4-11,13-14H2,1H3. The maximum Gasteiger partial charge on any atom is 0.261 e. The number of anilines is 1. The molecular formula is C20H28N4O4. The molecule has 2 aliphatic rings. The maximum atomic E-state index is 12.6. The number of hydrogen-bond acceptors (Lipinski definition) is 7. The summed E-state index contributed by atoms with van der Waals surface area (Å²) in [6.45, 7) is 7.90. The van der Waals surface area contributed by atoms with E-state index in [4.69, 9.17) is 14.2 Å². The van der Waals surface area contributed by atoms with Crippen molar-refractivity contribution in [2.75, 3.05) is 71.2 Å². The van der Waals surface area contributed by atoms with E-state index < -0.39 is 0 Å². The third-order valence-corrected chi connectivity index (χ3v) is 5.43. The maximum absolute atomic E-state index is 12.6. The Kier molecular flexibility index (Phi) is 6.21. The van der Waals surface area contributed by atoms with Crippen LogP contribution in [0.2, 0.25) is 0 Å². The van der Waals surface area contributed by atoms with Crippen molar-refractivity contribution in [1.82, 2.24) is 14.5 Å². The summed E-state index contributed by atoms with van der Waals surface area (Å²) in [5.41, 5.74) is 1.84. The van der Waals surface area contributed by atoms with Gasteiger partial charge < -0.3 is 19.1 Å². The predicted molar refractivity (Wildman–Crippen MR) is 107 cm³/mol. The highest BCUT2D eigenvalue weighted by atomic mass is 16.6. The highest BCUT2D eigenvalue weighted by molar-refractivity contribution is 5.81. The number of rotatable bonds is 6. The molecule has 4 rings (SSSR count). The van der Waals surface area contributed by atoms with Crippen LogP contribution in [0.5, 0.6) is 0 Å². The van der Waals surface area contributed by atoms with Gasteiger partial charge in [0.25, 0.3) is 5.56 Å². The molecule has 152 valence electrons. The second-order valence-electron chi connectivity index (χ2n) is 7.29. The fraction of sp³-hybridized carbons (Fsp3) is 0.600. The molecule has 0 spiro atoms. The van der Waals surface area contributed by atoms with E-state index in [1.807, 2.05) is 18.2 Å².